The maximum Gasteiger partial charge on any atom is 0.169 e. The second kappa shape index (κ2) is 5.07. The van der Waals surface area contributed by atoms with Gasteiger partial charge in [0.2, 0.25) is 0 Å². The van der Waals surface area contributed by atoms with Crippen molar-refractivity contribution in [1.29, 1.82) is 0 Å². The molecule has 0 radical (unpaired) electrons. The molecule has 0 aliphatic heterocycles. The van der Waals surface area contributed by atoms with Gasteiger partial charge in [-0.15, -0.1) is 0 Å². The molecule has 1 heteroatoms. The van der Waals surface area contributed by atoms with Crippen LogP contribution in [0.25, 0.3) is 22.9 Å². The molecule has 3 rings (SSSR count). The Labute approximate surface area is 113 Å². The first-order valence-electron chi connectivity index (χ1n) is 6.43. The lowest BCUT2D eigenvalue weighted by atomic mass is 10.1. The first-order chi connectivity index (χ1) is 9.31. The van der Waals surface area contributed by atoms with Crippen LogP contribution < -0.4 is 4.57 Å². The van der Waals surface area contributed by atoms with E-state index in [4.69, 9.17) is 0 Å². The van der Waals surface area contributed by atoms with E-state index < -0.39 is 0 Å². The van der Waals surface area contributed by atoms with Crippen LogP contribution in [0.4, 0.5) is 0 Å². The Hall–Kier alpha value is -2.41. The largest absolute Gasteiger partial charge is 0.208 e. The van der Waals surface area contributed by atoms with Crippen molar-refractivity contribution in [2.24, 2.45) is 7.05 Å². The lowest BCUT2D eigenvalue weighted by Crippen LogP contribution is -2.25. The fraction of sp³-hybridized carbons (Fsp3) is 0.0556. The minimum absolute atomic E-state index is 1.21. The van der Waals surface area contributed by atoms with E-state index in [-0.39, 0.29) is 0 Å². The van der Waals surface area contributed by atoms with Gasteiger partial charge >= 0.3 is 0 Å². The highest BCUT2D eigenvalue weighted by Crippen LogP contribution is 2.17. The van der Waals surface area contributed by atoms with E-state index in [1.807, 2.05) is 11.6 Å². The van der Waals surface area contributed by atoms with Gasteiger partial charge in [0.25, 0.3) is 0 Å². The molecular weight excluding hydrogens is 230 g/mol. The molecule has 92 valence electrons. The molecule has 3 aromatic rings. The zero-order chi connectivity index (χ0) is 13.1. The average Bonchev–Trinajstić information content (AvgIpc) is 2.46. The normalized spacial score (nSPS) is 11.2. The molecule has 0 atom stereocenters. The molecule has 19 heavy (non-hydrogen) atoms. The number of pyridine rings is 1. The Bertz CT molecular complexity index is 724. The number of rotatable bonds is 2. The number of nitrogens with zero attached hydrogens (tertiary/aromatic N) is 1. The number of fused-ring (bicyclic) bond motifs is 1. The molecule has 0 bridgehead atoms. The second-order valence-electron chi connectivity index (χ2n) is 4.74. The van der Waals surface area contributed by atoms with Crippen molar-refractivity contribution in [3.63, 3.8) is 0 Å². The van der Waals surface area contributed by atoms with Gasteiger partial charge in [-0.25, -0.2) is 4.57 Å². The third kappa shape index (κ3) is 2.71. The Kier molecular flexibility index (Phi) is 3.11. The summed E-state index contributed by atoms with van der Waals surface area (Å²) in [5, 5.41) is 2.57. The van der Waals surface area contributed by atoms with Gasteiger partial charge in [-0.3, -0.25) is 0 Å². The molecule has 1 heterocycles. The summed E-state index contributed by atoms with van der Waals surface area (Å²) in [5.41, 5.74) is 2.44. The summed E-state index contributed by atoms with van der Waals surface area (Å²) in [5.74, 6) is 0. The van der Waals surface area contributed by atoms with E-state index in [0.29, 0.717) is 0 Å². The van der Waals surface area contributed by atoms with E-state index in [1.54, 1.807) is 0 Å². The van der Waals surface area contributed by atoms with Gasteiger partial charge < -0.3 is 0 Å². The van der Waals surface area contributed by atoms with Crippen molar-refractivity contribution in [2.45, 2.75) is 0 Å². The third-order valence-electron chi connectivity index (χ3n) is 3.25. The second-order valence-corrected chi connectivity index (χ2v) is 4.74. The van der Waals surface area contributed by atoms with Gasteiger partial charge in [0.15, 0.2) is 12.4 Å². The van der Waals surface area contributed by atoms with Crippen molar-refractivity contribution in [1.82, 2.24) is 0 Å². The number of hydrogen-bond donors (Lipinski definition) is 0. The maximum absolute atomic E-state index is 2.22. The molecule has 0 aliphatic carbocycles. The molecule has 2 aromatic carbocycles. The summed E-state index contributed by atoms with van der Waals surface area (Å²) in [6.07, 6.45) is 8.41. The number of hydrogen-bond acceptors (Lipinski definition) is 0. The molecule has 0 saturated heterocycles. The van der Waals surface area contributed by atoms with Gasteiger partial charge in [-0.2, -0.15) is 0 Å². The number of benzene rings is 2. The van der Waals surface area contributed by atoms with E-state index in [2.05, 4.69) is 79.1 Å². The van der Waals surface area contributed by atoms with Crippen molar-refractivity contribution in [3.05, 3.63) is 78.1 Å². The highest BCUT2D eigenvalue weighted by Gasteiger charge is 1.94. The van der Waals surface area contributed by atoms with Gasteiger partial charge in [-0.1, -0.05) is 48.6 Å². The predicted molar refractivity (Wildman–Crippen MR) is 80.5 cm³/mol. The molecule has 0 aliphatic rings. The Balaban J connectivity index is 1.90. The molecule has 0 amide bonds. The van der Waals surface area contributed by atoms with E-state index in [1.165, 1.54) is 21.9 Å². The molecule has 0 unspecified atom stereocenters. The minimum atomic E-state index is 1.21. The van der Waals surface area contributed by atoms with Crippen molar-refractivity contribution < 1.29 is 4.57 Å². The molecule has 0 fully saturated rings. The SMILES string of the molecule is C[n+]1ccc(/C=C/c2ccc3ccccc3c2)cc1. The number of aryl methyl sites for hydroxylation is 1. The standard InChI is InChI=1S/C18H16N/c1-19-12-10-15(11-13-19)6-7-16-8-9-17-4-2-3-5-18(17)14-16/h2-14H,1H3/q+1/b7-6+. The topological polar surface area (TPSA) is 3.88 Å². The molecule has 1 nitrogen and oxygen atoms in total. The van der Waals surface area contributed by atoms with Crippen molar-refractivity contribution in [2.75, 3.05) is 0 Å². The van der Waals surface area contributed by atoms with Gasteiger partial charge in [0.05, 0.1) is 0 Å². The van der Waals surface area contributed by atoms with E-state index in [9.17, 15) is 0 Å². The lowest BCUT2D eigenvalue weighted by Gasteiger charge is -1.99. The van der Waals surface area contributed by atoms with Gasteiger partial charge in [-0.05, 0) is 28.0 Å². The third-order valence-corrected chi connectivity index (χ3v) is 3.25. The quantitative estimate of drug-likeness (QED) is 0.605. The summed E-state index contributed by atoms with van der Waals surface area (Å²) in [4.78, 5) is 0. The highest BCUT2D eigenvalue weighted by molar-refractivity contribution is 5.85. The summed E-state index contributed by atoms with van der Waals surface area (Å²) >= 11 is 0. The fourth-order valence-electron chi connectivity index (χ4n) is 2.13. The van der Waals surface area contributed by atoms with Crippen LogP contribution in [0, 0.1) is 0 Å². The number of aromatic nitrogens is 1. The Morgan fingerprint density at radius 2 is 1.42 bits per heavy atom. The van der Waals surface area contributed by atoms with Crippen LogP contribution >= 0.6 is 0 Å². The van der Waals surface area contributed by atoms with Crippen LogP contribution in [0.1, 0.15) is 11.1 Å². The van der Waals surface area contributed by atoms with Crippen LogP contribution in [-0.4, -0.2) is 0 Å². The maximum atomic E-state index is 2.22. The average molecular weight is 246 g/mol. The molecule has 0 spiro atoms. The molecule has 1 aromatic heterocycles. The Morgan fingerprint density at radius 3 is 2.21 bits per heavy atom. The summed E-state index contributed by atoms with van der Waals surface area (Å²) in [7, 11) is 2.02. The predicted octanol–water partition coefficient (Wildman–Crippen LogP) is 3.83. The van der Waals surface area contributed by atoms with Gasteiger partial charge in [0.1, 0.15) is 7.05 Å². The monoisotopic (exact) mass is 246 g/mol. The fourth-order valence-corrected chi connectivity index (χ4v) is 2.13. The first-order valence-corrected chi connectivity index (χ1v) is 6.43. The van der Waals surface area contributed by atoms with Crippen LogP contribution in [0.3, 0.4) is 0 Å². The highest BCUT2D eigenvalue weighted by atomic mass is 14.9. The van der Waals surface area contributed by atoms with Crippen LogP contribution in [0.5, 0.6) is 0 Å². The summed E-state index contributed by atoms with van der Waals surface area (Å²) < 4.78 is 2.04. The van der Waals surface area contributed by atoms with E-state index in [0.717, 1.165) is 0 Å². The van der Waals surface area contributed by atoms with Crippen molar-refractivity contribution >= 4 is 22.9 Å². The molecular formula is C18H16N+. The smallest absolute Gasteiger partial charge is 0.169 e. The summed E-state index contributed by atoms with van der Waals surface area (Å²) in [6.45, 7) is 0. The van der Waals surface area contributed by atoms with Gasteiger partial charge in [0, 0.05) is 12.1 Å². The summed E-state index contributed by atoms with van der Waals surface area (Å²) in [6, 6.07) is 19.2. The lowest BCUT2D eigenvalue weighted by molar-refractivity contribution is -0.671. The van der Waals surface area contributed by atoms with Crippen LogP contribution in [-0.2, 0) is 7.05 Å². The van der Waals surface area contributed by atoms with E-state index >= 15 is 0 Å². The molecule has 0 N–H and O–H groups in total. The van der Waals surface area contributed by atoms with Crippen molar-refractivity contribution in [3.8, 4) is 0 Å². The first kappa shape index (κ1) is 11.7. The van der Waals surface area contributed by atoms with Crippen LogP contribution in [0.2, 0.25) is 0 Å². The minimum Gasteiger partial charge on any atom is -0.208 e. The zero-order valence-electron chi connectivity index (χ0n) is 11.0. The Morgan fingerprint density at radius 1 is 0.737 bits per heavy atom. The zero-order valence-corrected chi connectivity index (χ0v) is 11.0. The van der Waals surface area contributed by atoms with Crippen LogP contribution in [0.15, 0.2) is 67.0 Å². The molecule has 0 saturated carbocycles.